The number of allylic oxidation sites excluding steroid dienone is 1. The number of rotatable bonds is 0. The van der Waals surface area contributed by atoms with E-state index < -0.39 is 0 Å². The fourth-order valence-electron chi connectivity index (χ4n) is 1.10. The molecule has 0 aromatic heterocycles. The van der Waals surface area contributed by atoms with E-state index in [0.29, 0.717) is 0 Å². The maximum atomic E-state index is 11.4. The molecule has 0 aromatic rings. The molecule has 1 heterocycles. The highest BCUT2D eigenvalue weighted by Crippen LogP contribution is 2.13. The molecule has 0 radical (unpaired) electrons. The lowest BCUT2D eigenvalue weighted by Gasteiger charge is -2.31. The molecule has 1 fully saturated rings. The van der Waals surface area contributed by atoms with E-state index in [1.54, 1.807) is 21.0 Å². The van der Waals surface area contributed by atoms with Crippen LogP contribution in [0, 0.1) is 0 Å². The second-order valence-corrected chi connectivity index (χ2v) is 3.08. The van der Waals surface area contributed by atoms with Crippen LogP contribution in [0.15, 0.2) is 11.6 Å². The Labute approximate surface area is 126 Å². The topological polar surface area (TPSA) is 40.6 Å². The second kappa shape index (κ2) is 13.2. The number of carbonyl (C=O) groups excluding carboxylic acids is 2. The lowest BCUT2D eigenvalue weighted by atomic mass is 10.1. The van der Waals surface area contributed by atoms with Crippen molar-refractivity contribution in [3.8, 4) is 0 Å². The van der Waals surface area contributed by atoms with E-state index in [9.17, 15) is 9.59 Å². The van der Waals surface area contributed by atoms with Gasteiger partial charge in [-0.1, -0.05) is 50.6 Å². The van der Waals surface area contributed by atoms with E-state index in [1.807, 2.05) is 0 Å². The maximum absolute atomic E-state index is 11.4. The minimum Gasteiger partial charge on any atom is -0.288 e. The lowest BCUT2D eigenvalue weighted by Crippen LogP contribution is -2.52. The molecule has 0 saturated carbocycles. The van der Waals surface area contributed by atoms with E-state index in [4.69, 9.17) is 12.2 Å². The monoisotopic (exact) mass is 294 g/mol. The van der Waals surface area contributed by atoms with E-state index in [0.717, 1.165) is 0 Å². The molecule has 0 N–H and O–H groups in total. The van der Waals surface area contributed by atoms with Crippen LogP contribution in [0.5, 0.6) is 0 Å². The van der Waals surface area contributed by atoms with Crippen molar-refractivity contribution in [2.24, 2.45) is 0 Å². The van der Waals surface area contributed by atoms with Gasteiger partial charge in [0.05, 0.1) is 0 Å². The van der Waals surface area contributed by atoms with Crippen molar-refractivity contribution >= 4 is 29.1 Å². The highest BCUT2D eigenvalue weighted by molar-refractivity contribution is 7.80. The van der Waals surface area contributed by atoms with Gasteiger partial charge >= 0.3 is 0 Å². The molecule has 0 aromatic carbocycles. The van der Waals surface area contributed by atoms with Gasteiger partial charge in [-0.2, -0.15) is 0 Å². The average Bonchev–Trinajstić information content (AvgIpc) is 2.13. The summed E-state index contributed by atoms with van der Waals surface area (Å²) in [6, 6.07) is 0. The van der Waals surface area contributed by atoms with Crippen molar-refractivity contribution in [2.45, 2.75) is 51.5 Å². The molecule has 2 amide bonds. The van der Waals surface area contributed by atoms with Gasteiger partial charge in [-0.05, 0) is 19.1 Å². The first kappa shape index (κ1) is 36.1. The molecule has 1 rings (SSSR count). The third-order valence-corrected chi connectivity index (χ3v) is 2.48. The molecular formula is C14H34N2O2S. The van der Waals surface area contributed by atoms with Crippen LogP contribution < -0.4 is 0 Å². The largest absolute Gasteiger partial charge is 0.288 e. The summed E-state index contributed by atoms with van der Waals surface area (Å²) in [6.45, 7) is 1.65. The van der Waals surface area contributed by atoms with Crippen molar-refractivity contribution in [3.05, 3.63) is 11.6 Å². The zero-order valence-corrected chi connectivity index (χ0v) is 8.51. The van der Waals surface area contributed by atoms with Crippen LogP contribution in [0.4, 0.5) is 0 Å². The number of thiocarbonyl (C=S) groups is 1. The summed E-state index contributed by atoms with van der Waals surface area (Å²) < 4.78 is 0. The van der Waals surface area contributed by atoms with Crippen molar-refractivity contribution in [1.82, 2.24) is 9.80 Å². The van der Waals surface area contributed by atoms with Crippen molar-refractivity contribution in [3.63, 3.8) is 0 Å². The minimum absolute atomic E-state index is 0. The van der Waals surface area contributed by atoms with Gasteiger partial charge in [0.15, 0.2) is 5.11 Å². The molecule has 1 saturated heterocycles. The molecule has 0 spiro atoms. The first-order chi connectivity index (χ1) is 6.00. The predicted molar refractivity (Wildman–Crippen MR) is 92.3 cm³/mol. The lowest BCUT2D eigenvalue weighted by molar-refractivity contribution is -0.132. The first-order valence-corrected chi connectivity index (χ1v) is 4.18. The molecule has 0 aliphatic carbocycles. The molecule has 19 heavy (non-hydrogen) atoms. The normalized spacial score (nSPS) is 12.6. The van der Waals surface area contributed by atoms with Crippen molar-refractivity contribution in [2.75, 3.05) is 14.1 Å². The fraction of sp³-hybridized carbons (Fsp3) is 0.643. The average molecular weight is 295 g/mol. The van der Waals surface area contributed by atoms with Gasteiger partial charge in [0, 0.05) is 14.1 Å². The molecular weight excluding hydrogens is 260 g/mol. The van der Waals surface area contributed by atoms with Crippen LogP contribution in [0.1, 0.15) is 51.5 Å². The predicted octanol–water partition coefficient (Wildman–Crippen LogP) is 3.96. The van der Waals surface area contributed by atoms with Crippen LogP contribution in [0.3, 0.4) is 0 Å². The fourth-order valence-corrected chi connectivity index (χ4v) is 1.26. The molecule has 0 unspecified atom stereocenters. The van der Waals surface area contributed by atoms with Gasteiger partial charge in [0.1, 0.15) is 5.57 Å². The Kier molecular flexibility index (Phi) is 25.1. The zero-order valence-electron chi connectivity index (χ0n) is 7.70. The smallest absolute Gasteiger partial charge is 0.265 e. The highest BCUT2D eigenvalue weighted by Gasteiger charge is 2.34. The molecule has 5 heteroatoms. The zero-order chi connectivity index (χ0) is 10.2. The van der Waals surface area contributed by atoms with Gasteiger partial charge in [0.25, 0.3) is 11.8 Å². The van der Waals surface area contributed by atoms with Crippen molar-refractivity contribution < 1.29 is 9.59 Å². The number of hydrogen-bond acceptors (Lipinski definition) is 3. The SMILES string of the molecule is C.C.C.C.C.C.CC=C1C(=O)N(C)C(=S)N(C)C1=O. The van der Waals surface area contributed by atoms with Crippen LogP contribution in [-0.4, -0.2) is 40.8 Å². The van der Waals surface area contributed by atoms with Crippen LogP contribution in [0.2, 0.25) is 0 Å². The Balaban J connectivity index is -0.0000000704. The number of carbonyl (C=O) groups is 2. The number of likely N-dealkylation sites (N-methyl/N-ethyl adjacent to an activating group) is 2. The van der Waals surface area contributed by atoms with Crippen molar-refractivity contribution in [1.29, 1.82) is 0 Å². The molecule has 1 aliphatic rings. The summed E-state index contributed by atoms with van der Waals surface area (Å²) in [5, 5.41) is 0.237. The van der Waals surface area contributed by atoms with E-state index in [-0.39, 0.29) is 67.1 Å². The summed E-state index contributed by atoms with van der Waals surface area (Å²) in [6.07, 6.45) is 1.50. The van der Waals surface area contributed by atoms with Gasteiger partial charge < -0.3 is 0 Å². The molecule has 1 aliphatic heterocycles. The standard InChI is InChI=1S/C8H10N2O2S.6CH4/c1-4-5-6(11)9(2)8(13)10(3)7(5)12;;;;;;/h4H,1-3H3;6*1H4. The molecule has 0 atom stereocenters. The van der Waals surface area contributed by atoms with Crippen LogP contribution >= 0.6 is 12.2 Å². The Morgan fingerprint density at radius 3 is 1.32 bits per heavy atom. The van der Waals surface area contributed by atoms with E-state index in [1.165, 1.54) is 15.9 Å². The van der Waals surface area contributed by atoms with Crippen LogP contribution in [0.25, 0.3) is 0 Å². The van der Waals surface area contributed by atoms with E-state index in [2.05, 4.69) is 0 Å². The van der Waals surface area contributed by atoms with E-state index >= 15 is 0 Å². The van der Waals surface area contributed by atoms with Gasteiger partial charge in [-0.25, -0.2) is 0 Å². The van der Waals surface area contributed by atoms with Crippen LogP contribution in [-0.2, 0) is 9.59 Å². The Morgan fingerprint density at radius 2 is 1.11 bits per heavy atom. The summed E-state index contributed by atoms with van der Waals surface area (Å²) in [5.74, 6) is -0.675. The number of hydrogen-bond donors (Lipinski definition) is 0. The summed E-state index contributed by atoms with van der Waals surface area (Å²) >= 11 is 4.89. The van der Waals surface area contributed by atoms with Gasteiger partial charge in [0.2, 0.25) is 0 Å². The summed E-state index contributed by atoms with van der Waals surface area (Å²) in [4.78, 5) is 25.5. The summed E-state index contributed by atoms with van der Waals surface area (Å²) in [5.41, 5.74) is 0.165. The highest BCUT2D eigenvalue weighted by atomic mass is 32.1. The van der Waals surface area contributed by atoms with Gasteiger partial charge in [-0.15, -0.1) is 0 Å². The third-order valence-electron chi connectivity index (χ3n) is 1.93. The number of nitrogens with zero attached hydrogens (tertiary/aromatic N) is 2. The minimum atomic E-state index is -0.337. The van der Waals surface area contributed by atoms with Gasteiger partial charge in [-0.3, -0.25) is 19.4 Å². The second-order valence-electron chi connectivity index (χ2n) is 2.71. The number of amides is 2. The Hall–Kier alpha value is -1.23. The molecule has 0 bridgehead atoms. The molecule has 118 valence electrons. The first-order valence-electron chi connectivity index (χ1n) is 3.77. The Bertz CT molecular complexity index is 299. The Morgan fingerprint density at radius 1 is 0.842 bits per heavy atom. The molecule has 4 nitrogen and oxygen atoms in total. The maximum Gasteiger partial charge on any atom is 0.265 e. The quantitative estimate of drug-likeness (QED) is 0.386. The third kappa shape index (κ3) is 5.96. The summed E-state index contributed by atoms with van der Waals surface area (Å²) in [7, 11) is 3.11.